The van der Waals surface area contributed by atoms with Crippen LogP contribution in [-0.2, 0) is 17.6 Å². The Kier molecular flexibility index (Phi) is 8.02. The molecule has 38 heavy (non-hydrogen) atoms. The van der Waals surface area contributed by atoms with Gasteiger partial charge in [0.25, 0.3) is 5.56 Å². The molecule has 1 fully saturated rings. The Morgan fingerprint density at radius 3 is 2.32 bits per heavy atom. The minimum Gasteiger partial charge on any atom is -0.332 e. The van der Waals surface area contributed by atoms with E-state index in [-0.39, 0.29) is 23.4 Å². The second kappa shape index (κ2) is 11.8. The smallest absolute Gasteiger partial charge is 0.266 e. The van der Waals surface area contributed by atoms with Gasteiger partial charge in [0.2, 0.25) is 5.91 Å². The minimum atomic E-state index is -0.365. The number of para-hydroxylation sites is 1. The Balaban J connectivity index is 1.60. The summed E-state index contributed by atoms with van der Waals surface area (Å²) in [7, 11) is 0. The Bertz CT molecular complexity index is 1440. The highest BCUT2D eigenvalue weighted by Crippen LogP contribution is 2.30. The van der Waals surface area contributed by atoms with Crippen LogP contribution in [0.25, 0.3) is 16.6 Å². The monoisotopic (exact) mass is 507 g/mol. The number of aromatic nitrogens is 2. The van der Waals surface area contributed by atoms with E-state index in [1.165, 1.54) is 17.5 Å². The van der Waals surface area contributed by atoms with E-state index in [0.717, 1.165) is 44.2 Å². The fourth-order valence-electron chi connectivity index (χ4n) is 5.67. The number of rotatable bonds is 8. The third-order valence-electron chi connectivity index (χ3n) is 7.97. The number of benzene rings is 3. The van der Waals surface area contributed by atoms with E-state index in [2.05, 4.69) is 31.2 Å². The summed E-state index contributed by atoms with van der Waals surface area (Å²) in [5.74, 6) is 0.824. The first-order chi connectivity index (χ1) is 18.6. The summed E-state index contributed by atoms with van der Waals surface area (Å²) in [6, 6.07) is 25.5. The van der Waals surface area contributed by atoms with Gasteiger partial charge in [-0.1, -0.05) is 80.8 Å². The fourth-order valence-corrected chi connectivity index (χ4v) is 5.67. The molecule has 1 aromatic heterocycles. The van der Waals surface area contributed by atoms with Crippen LogP contribution in [0.1, 0.15) is 68.9 Å². The molecule has 3 aromatic carbocycles. The molecule has 0 saturated heterocycles. The van der Waals surface area contributed by atoms with Crippen molar-refractivity contribution in [2.45, 2.75) is 64.8 Å². The van der Waals surface area contributed by atoms with E-state index in [4.69, 9.17) is 4.98 Å². The van der Waals surface area contributed by atoms with Crippen LogP contribution in [0, 0.1) is 5.92 Å². The molecular formula is C33H37N3O2. The van der Waals surface area contributed by atoms with Gasteiger partial charge in [0.15, 0.2) is 0 Å². The average Bonchev–Trinajstić information content (AvgIpc) is 2.98. The average molecular weight is 508 g/mol. The highest BCUT2D eigenvalue weighted by molar-refractivity contribution is 5.80. The summed E-state index contributed by atoms with van der Waals surface area (Å²) in [4.78, 5) is 34.9. The van der Waals surface area contributed by atoms with Crippen LogP contribution in [0.2, 0.25) is 0 Å². The lowest BCUT2D eigenvalue weighted by molar-refractivity contribution is -0.139. The molecule has 1 aliphatic rings. The molecule has 1 amide bonds. The highest BCUT2D eigenvalue weighted by Gasteiger charge is 2.32. The molecule has 1 unspecified atom stereocenters. The maximum atomic E-state index is 14.0. The van der Waals surface area contributed by atoms with Gasteiger partial charge in [-0.2, -0.15) is 0 Å². The zero-order valence-electron chi connectivity index (χ0n) is 22.5. The van der Waals surface area contributed by atoms with Crippen LogP contribution < -0.4 is 5.56 Å². The van der Waals surface area contributed by atoms with E-state index in [1.54, 1.807) is 4.57 Å². The van der Waals surface area contributed by atoms with E-state index in [1.807, 2.05) is 66.4 Å². The van der Waals surface area contributed by atoms with Gasteiger partial charge >= 0.3 is 0 Å². The number of nitrogens with zero attached hydrogens (tertiary/aromatic N) is 3. The summed E-state index contributed by atoms with van der Waals surface area (Å²) < 4.78 is 1.72. The Labute approximate surface area is 225 Å². The van der Waals surface area contributed by atoms with Gasteiger partial charge in [-0.25, -0.2) is 4.98 Å². The van der Waals surface area contributed by atoms with Crippen molar-refractivity contribution in [2.75, 3.05) is 6.54 Å². The lowest BCUT2D eigenvalue weighted by atomic mass is 9.88. The van der Waals surface area contributed by atoms with Gasteiger partial charge in [-0.3, -0.25) is 14.2 Å². The lowest BCUT2D eigenvalue weighted by Crippen LogP contribution is -2.42. The molecule has 5 rings (SSSR count). The first kappa shape index (κ1) is 25.9. The molecule has 5 nitrogen and oxygen atoms in total. The Hall–Kier alpha value is -3.73. The predicted molar refractivity (Wildman–Crippen MR) is 154 cm³/mol. The second-order valence-electron chi connectivity index (χ2n) is 10.4. The molecule has 1 aliphatic carbocycles. The van der Waals surface area contributed by atoms with Crippen LogP contribution in [0.15, 0.2) is 83.7 Å². The molecule has 1 atom stereocenters. The maximum absolute atomic E-state index is 14.0. The first-order valence-electron chi connectivity index (χ1n) is 14.0. The first-order valence-corrected chi connectivity index (χ1v) is 14.0. The van der Waals surface area contributed by atoms with Crippen LogP contribution in [0.3, 0.4) is 0 Å². The molecule has 4 aromatic rings. The topological polar surface area (TPSA) is 55.2 Å². The number of carbonyl (C=O) groups is 1. The molecule has 0 N–H and O–H groups in total. The minimum absolute atomic E-state index is 0.0337. The largest absolute Gasteiger partial charge is 0.332 e. The molecular weight excluding hydrogens is 470 g/mol. The maximum Gasteiger partial charge on any atom is 0.266 e. The van der Waals surface area contributed by atoms with Crippen molar-refractivity contribution in [3.05, 3.63) is 106 Å². The standard InChI is InChI=1S/C33H37N3O2/c1-3-25-18-20-28(21-19-25)36-31(34-30-17-11-10-16-29(30)33(36)38)24(2)35(23-22-26-12-6-4-7-13-26)32(37)27-14-8-5-9-15-27/h4,6-7,10-13,16-21,24,27H,3,5,8-9,14-15,22-23H2,1-2H3. The number of aryl methyl sites for hydroxylation is 1. The molecule has 0 spiro atoms. The predicted octanol–water partition coefficient (Wildman–Crippen LogP) is 6.66. The molecule has 0 bridgehead atoms. The zero-order chi connectivity index (χ0) is 26.5. The summed E-state index contributed by atoms with van der Waals surface area (Å²) in [5, 5.41) is 0.581. The van der Waals surface area contributed by atoms with E-state index >= 15 is 0 Å². The van der Waals surface area contributed by atoms with Crippen molar-refractivity contribution < 1.29 is 4.79 Å². The number of fused-ring (bicyclic) bond motifs is 1. The highest BCUT2D eigenvalue weighted by atomic mass is 16.2. The quantitative estimate of drug-likeness (QED) is 0.268. The SMILES string of the molecule is CCc1ccc(-n2c(C(C)N(CCc3ccccc3)C(=O)C3CCCCC3)nc3ccccc3c2=O)cc1. The Morgan fingerprint density at radius 2 is 1.61 bits per heavy atom. The number of hydrogen-bond acceptors (Lipinski definition) is 3. The van der Waals surface area contributed by atoms with Gasteiger partial charge in [0.05, 0.1) is 22.6 Å². The molecule has 1 heterocycles. The van der Waals surface area contributed by atoms with Crippen molar-refractivity contribution in [3.8, 4) is 5.69 Å². The summed E-state index contributed by atoms with van der Waals surface area (Å²) in [6.07, 6.45) is 6.95. The number of amides is 1. The number of carbonyl (C=O) groups excluding carboxylic acids is 1. The van der Waals surface area contributed by atoms with E-state index in [0.29, 0.717) is 23.3 Å². The van der Waals surface area contributed by atoms with Gasteiger partial charge < -0.3 is 4.90 Å². The van der Waals surface area contributed by atoms with Crippen LogP contribution >= 0.6 is 0 Å². The fraction of sp³-hybridized carbons (Fsp3) is 0.364. The molecule has 0 radical (unpaired) electrons. The zero-order valence-corrected chi connectivity index (χ0v) is 22.5. The summed E-state index contributed by atoms with van der Waals surface area (Å²) in [6.45, 7) is 4.73. The van der Waals surface area contributed by atoms with Crippen molar-refractivity contribution in [3.63, 3.8) is 0 Å². The molecule has 1 saturated carbocycles. The lowest BCUT2D eigenvalue weighted by Gasteiger charge is -2.34. The van der Waals surface area contributed by atoms with Gasteiger partial charge in [0, 0.05) is 12.5 Å². The van der Waals surface area contributed by atoms with E-state index < -0.39 is 0 Å². The van der Waals surface area contributed by atoms with Crippen molar-refractivity contribution in [2.24, 2.45) is 5.92 Å². The third-order valence-corrected chi connectivity index (χ3v) is 7.97. The number of hydrogen-bond donors (Lipinski definition) is 0. The van der Waals surface area contributed by atoms with Crippen LogP contribution in [0.4, 0.5) is 0 Å². The molecule has 0 aliphatic heterocycles. The molecule has 5 heteroatoms. The molecule has 196 valence electrons. The van der Waals surface area contributed by atoms with E-state index in [9.17, 15) is 9.59 Å². The van der Waals surface area contributed by atoms with Gasteiger partial charge in [-0.15, -0.1) is 0 Å². The summed E-state index contributed by atoms with van der Waals surface area (Å²) >= 11 is 0. The second-order valence-corrected chi connectivity index (χ2v) is 10.4. The van der Waals surface area contributed by atoms with Crippen molar-refractivity contribution in [1.29, 1.82) is 0 Å². The van der Waals surface area contributed by atoms with Crippen LogP contribution in [-0.4, -0.2) is 26.9 Å². The van der Waals surface area contributed by atoms with Gasteiger partial charge in [0.1, 0.15) is 5.82 Å². The Morgan fingerprint density at radius 1 is 0.921 bits per heavy atom. The van der Waals surface area contributed by atoms with Gasteiger partial charge in [-0.05, 0) is 68.0 Å². The van der Waals surface area contributed by atoms with Crippen molar-refractivity contribution in [1.82, 2.24) is 14.5 Å². The van der Waals surface area contributed by atoms with Crippen LogP contribution in [0.5, 0.6) is 0 Å². The summed E-state index contributed by atoms with van der Waals surface area (Å²) in [5.41, 5.74) is 3.74. The normalized spacial score (nSPS) is 14.9. The third kappa shape index (κ3) is 5.42. The van der Waals surface area contributed by atoms with Crippen molar-refractivity contribution >= 4 is 16.8 Å².